The van der Waals surface area contributed by atoms with Gasteiger partial charge in [0.15, 0.2) is 5.82 Å². The smallest absolute Gasteiger partial charge is 0.151 e. The molecule has 0 aliphatic heterocycles. The Morgan fingerprint density at radius 1 is 1.04 bits per heavy atom. The van der Waals surface area contributed by atoms with Gasteiger partial charge in [-0.05, 0) is 35.9 Å². The molecule has 0 fully saturated rings. The number of thiophene rings is 1. The van der Waals surface area contributed by atoms with Crippen LogP contribution in [0.1, 0.15) is 16.2 Å². The van der Waals surface area contributed by atoms with E-state index in [2.05, 4.69) is 45.5 Å². The molecule has 3 heterocycles. The van der Waals surface area contributed by atoms with Crippen LogP contribution >= 0.6 is 11.3 Å². The fourth-order valence-electron chi connectivity index (χ4n) is 3.21. The number of hydrogen-bond acceptors (Lipinski definition) is 5. The Kier molecular flexibility index (Phi) is 4.04. The molecule has 0 atom stereocenters. The molecule has 0 spiro atoms. The molecule has 0 radical (unpaired) electrons. The van der Waals surface area contributed by atoms with Gasteiger partial charge in [0.2, 0.25) is 0 Å². The van der Waals surface area contributed by atoms with E-state index in [0.29, 0.717) is 0 Å². The van der Waals surface area contributed by atoms with Crippen LogP contribution in [0.5, 0.6) is 0 Å². The summed E-state index contributed by atoms with van der Waals surface area (Å²) in [6.07, 6.45) is 7.84. The first-order chi connectivity index (χ1) is 13.8. The van der Waals surface area contributed by atoms with Crippen molar-refractivity contribution in [1.29, 1.82) is 0 Å². The maximum absolute atomic E-state index is 5.99. The molecule has 3 aromatic heterocycles. The Morgan fingerprint density at radius 2 is 1.93 bits per heavy atom. The molecule has 5 aromatic rings. The van der Waals surface area contributed by atoms with Crippen molar-refractivity contribution < 1.29 is 4.42 Å². The van der Waals surface area contributed by atoms with Gasteiger partial charge in [0.1, 0.15) is 17.7 Å². The first-order valence-corrected chi connectivity index (χ1v) is 9.65. The van der Waals surface area contributed by atoms with E-state index >= 15 is 0 Å². The number of terminal acetylenes is 1. The number of benzene rings is 2. The highest BCUT2D eigenvalue weighted by atomic mass is 32.1. The number of rotatable bonds is 4. The highest BCUT2D eigenvalue weighted by molar-refractivity contribution is 7.20. The molecule has 0 saturated carbocycles. The molecule has 4 nitrogen and oxygen atoms in total. The van der Waals surface area contributed by atoms with Crippen molar-refractivity contribution in [3.8, 4) is 12.3 Å². The zero-order valence-corrected chi connectivity index (χ0v) is 15.7. The lowest BCUT2D eigenvalue weighted by molar-refractivity contribution is 0.563. The summed E-state index contributed by atoms with van der Waals surface area (Å²) in [5.41, 5.74) is 3.89. The van der Waals surface area contributed by atoms with E-state index in [4.69, 9.17) is 10.8 Å². The lowest BCUT2D eigenvalue weighted by atomic mass is 10.1. The van der Waals surface area contributed by atoms with E-state index in [1.807, 2.05) is 36.4 Å². The third kappa shape index (κ3) is 3.11. The Hall–Kier alpha value is -3.62. The topological polar surface area (TPSA) is 51.0 Å². The zero-order valence-electron chi connectivity index (χ0n) is 14.8. The second-order valence-electron chi connectivity index (χ2n) is 6.44. The summed E-state index contributed by atoms with van der Waals surface area (Å²) in [4.78, 5) is 9.52. The molecule has 0 unspecified atom stereocenters. The summed E-state index contributed by atoms with van der Waals surface area (Å²) in [6.45, 7) is 0. The van der Waals surface area contributed by atoms with Gasteiger partial charge in [-0.25, -0.2) is 9.97 Å². The number of furan rings is 1. The van der Waals surface area contributed by atoms with Crippen LogP contribution in [-0.4, -0.2) is 9.97 Å². The monoisotopic (exact) mass is 381 g/mol. The van der Waals surface area contributed by atoms with E-state index in [-0.39, 0.29) is 0 Å². The average molecular weight is 381 g/mol. The minimum atomic E-state index is 0.754. The normalized spacial score (nSPS) is 11.0. The second kappa shape index (κ2) is 6.84. The van der Waals surface area contributed by atoms with Gasteiger partial charge in [-0.1, -0.05) is 36.3 Å². The maximum atomic E-state index is 5.99. The summed E-state index contributed by atoms with van der Waals surface area (Å²) in [5, 5.41) is 4.44. The van der Waals surface area contributed by atoms with Crippen LogP contribution < -0.4 is 5.32 Å². The summed E-state index contributed by atoms with van der Waals surface area (Å²) in [5.74, 6) is 4.36. The molecule has 0 bridgehead atoms. The summed E-state index contributed by atoms with van der Waals surface area (Å²) in [6, 6.07) is 20.3. The quantitative estimate of drug-likeness (QED) is 0.403. The van der Waals surface area contributed by atoms with Crippen molar-refractivity contribution in [1.82, 2.24) is 9.97 Å². The molecule has 0 aliphatic carbocycles. The van der Waals surface area contributed by atoms with E-state index in [1.54, 1.807) is 6.33 Å². The largest absolute Gasteiger partial charge is 0.461 e. The number of aromatic nitrogens is 2. The minimum absolute atomic E-state index is 0.754. The molecular weight excluding hydrogens is 366 g/mol. The van der Waals surface area contributed by atoms with Crippen LogP contribution in [0.4, 0.5) is 11.5 Å². The zero-order chi connectivity index (χ0) is 18.9. The highest BCUT2D eigenvalue weighted by Gasteiger charge is 2.10. The van der Waals surface area contributed by atoms with Crippen LogP contribution in [0.25, 0.3) is 21.2 Å². The van der Waals surface area contributed by atoms with Gasteiger partial charge in [0.05, 0.1) is 15.1 Å². The van der Waals surface area contributed by atoms with Crippen molar-refractivity contribution in [2.45, 2.75) is 6.42 Å². The Morgan fingerprint density at radius 3 is 2.79 bits per heavy atom. The fourth-order valence-corrected chi connectivity index (χ4v) is 4.08. The molecule has 134 valence electrons. The lowest BCUT2D eigenvalue weighted by Gasteiger charge is -2.05. The molecule has 28 heavy (non-hydrogen) atoms. The molecule has 0 amide bonds. The molecule has 0 aliphatic rings. The molecular formula is C23H15N3OS. The van der Waals surface area contributed by atoms with Crippen molar-refractivity contribution in [2.75, 3.05) is 5.32 Å². The summed E-state index contributed by atoms with van der Waals surface area (Å²) >= 11 is 1.51. The van der Waals surface area contributed by atoms with Crippen molar-refractivity contribution in [3.05, 3.63) is 83.2 Å². The van der Waals surface area contributed by atoms with Gasteiger partial charge >= 0.3 is 0 Å². The van der Waals surface area contributed by atoms with Crippen LogP contribution in [0.2, 0.25) is 0 Å². The molecule has 5 rings (SSSR count). The summed E-state index contributed by atoms with van der Waals surface area (Å²) < 4.78 is 6.94. The average Bonchev–Trinajstić information content (AvgIpc) is 3.32. The number of anilines is 2. The third-order valence-electron chi connectivity index (χ3n) is 4.50. The SMILES string of the molecule is C#Cc1cc2ncnc(Nc3ccc4oc(Cc5ccccc5)cc4c3)c2s1. The van der Waals surface area contributed by atoms with E-state index in [9.17, 15) is 0 Å². The standard InChI is InChI=1S/C23H15N3OS/c1-2-19-13-20-22(28-19)23(25-14-24-20)26-17-8-9-21-16(11-17)12-18(27-21)10-15-6-4-3-5-7-15/h1,3-9,11-14H,10H2,(H,24,25,26). The molecule has 0 saturated heterocycles. The fraction of sp³-hybridized carbons (Fsp3) is 0.0435. The van der Waals surface area contributed by atoms with Crippen LogP contribution in [0, 0.1) is 12.3 Å². The number of nitrogens with zero attached hydrogens (tertiary/aromatic N) is 2. The van der Waals surface area contributed by atoms with Gasteiger partial charge in [0, 0.05) is 17.5 Å². The minimum Gasteiger partial charge on any atom is -0.461 e. The predicted octanol–water partition coefficient (Wildman–Crippen LogP) is 5.75. The van der Waals surface area contributed by atoms with Gasteiger partial charge in [0.25, 0.3) is 0 Å². The van der Waals surface area contributed by atoms with Gasteiger partial charge in [-0.3, -0.25) is 0 Å². The maximum Gasteiger partial charge on any atom is 0.151 e. The van der Waals surface area contributed by atoms with E-state index in [0.717, 1.165) is 49.7 Å². The third-order valence-corrected chi connectivity index (χ3v) is 5.57. The van der Waals surface area contributed by atoms with Crippen molar-refractivity contribution >= 4 is 44.0 Å². The Bertz CT molecular complexity index is 1330. The first-order valence-electron chi connectivity index (χ1n) is 8.83. The summed E-state index contributed by atoms with van der Waals surface area (Å²) in [7, 11) is 0. The first kappa shape index (κ1) is 16.5. The van der Waals surface area contributed by atoms with Gasteiger partial charge < -0.3 is 9.73 Å². The van der Waals surface area contributed by atoms with Crippen LogP contribution in [0.15, 0.2) is 71.4 Å². The molecule has 5 heteroatoms. The van der Waals surface area contributed by atoms with Crippen molar-refractivity contribution in [2.24, 2.45) is 0 Å². The lowest BCUT2D eigenvalue weighted by Crippen LogP contribution is -1.93. The van der Waals surface area contributed by atoms with Crippen LogP contribution in [-0.2, 0) is 6.42 Å². The predicted molar refractivity (Wildman–Crippen MR) is 114 cm³/mol. The van der Waals surface area contributed by atoms with Gasteiger partial charge in [-0.2, -0.15) is 0 Å². The number of hydrogen-bond donors (Lipinski definition) is 1. The highest BCUT2D eigenvalue weighted by Crippen LogP contribution is 2.32. The number of fused-ring (bicyclic) bond motifs is 2. The van der Waals surface area contributed by atoms with E-state index < -0.39 is 0 Å². The molecule has 1 N–H and O–H groups in total. The second-order valence-corrected chi connectivity index (χ2v) is 7.50. The van der Waals surface area contributed by atoms with Crippen molar-refractivity contribution in [3.63, 3.8) is 0 Å². The Balaban J connectivity index is 1.45. The van der Waals surface area contributed by atoms with E-state index in [1.165, 1.54) is 16.9 Å². The Labute approximate surface area is 165 Å². The number of nitrogens with one attached hydrogen (secondary N) is 1. The van der Waals surface area contributed by atoms with Crippen LogP contribution in [0.3, 0.4) is 0 Å². The molecule has 2 aromatic carbocycles. The van der Waals surface area contributed by atoms with Gasteiger partial charge in [-0.15, -0.1) is 17.8 Å².